The Balaban J connectivity index is 2.67. The summed E-state index contributed by atoms with van der Waals surface area (Å²) in [6.07, 6.45) is 3.36. The van der Waals surface area contributed by atoms with E-state index in [1.165, 1.54) is 10.9 Å². The average molecular weight is 227 g/mol. The Labute approximate surface area is 92.1 Å². The summed E-state index contributed by atoms with van der Waals surface area (Å²) >= 11 is 5.58. The molecule has 0 spiro atoms. The van der Waals surface area contributed by atoms with E-state index < -0.39 is 0 Å². The minimum Gasteiger partial charge on any atom is -0.392 e. The molecule has 1 heterocycles. The first-order chi connectivity index (χ1) is 7.16. The van der Waals surface area contributed by atoms with Crippen LogP contribution in [0, 0.1) is 11.3 Å². The molecule has 6 heteroatoms. The number of nitrogens with zero attached hydrogens (tertiary/aromatic N) is 3. The molecule has 2 N–H and O–H groups in total. The molecule has 0 aliphatic heterocycles. The van der Waals surface area contributed by atoms with Crippen LogP contribution >= 0.6 is 11.6 Å². The monoisotopic (exact) mass is 226 g/mol. The number of nitrogens with two attached hydrogens (primary N) is 1. The van der Waals surface area contributed by atoms with E-state index in [1.54, 1.807) is 0 Å². The molecule has 0 aliphatic carbocycles. The molecule has 0 unspecified atom stereocenters. The van der Waals surface area contributed by atoms with Crippen molar-refractivity contribution in [2.75, 3.05) is 5.73 Å². The molecule has 0 amide bonds. The number of halogens is 1. The van der Waals surface area contributed by atoms with Crippen LogP contribution in [0.5, 0.6) is 0 Å². The second kappa shape index (κ2) is 5.37. The predicted octanol–water partition coefficient (Wildman–Crippen LogP) is 1.17. The molecule has 0 aromatic carbocycles. The maximum atomic E-state index is 11.5. The minimum atomic E-state index is -0.327. The second-order valence-electron chi connectivity index (χ2n) is 3.06. The number of aryl methyl sites for hydroxylation is 1. The zero-order chi connectivity index (χ0) is 11.3. The highest BCUT2D eigenvalue weighted by Crippen LogP contribution is 2.08. The van der Waals surface area contributed by atoms with Gasteiger partial charge < -0.3 is 5.73 Å². The molecule has 0 atom stereocenters. The third-order valence-electron chi connectivity index (χ3n) is 1.96. The van der Waals surface area contributed by atoms with E-state index in [-0.39, 0.29) is 16.4 Å². The molecule has 0 saturated carbocycles. The first-order valence-corrected chi connectivity index (χ1v) is 4.92. The van der Waals surface area contributed by atoms with Crippen molar-refractivity contribution in [2.24, 2.45) is 0 Å². The highest BCUT2D eigenvalue weighted by atomic mass is 35.5. The Morgan fingerprint density at radius 2 is 2.33 bits per heavy atom. The van der Waals surface area contributed by atoms with E-state index in [1.807, 2.05) is 6.07 Å². The van der Waals surface area contributed by atoms with Gasteiger partial charge in [0.05, 0.1) is 12.4 Å². The SMILES string of the molecule is N#CCCCCn1cnc(Cl)c(N)c1=O. The molecule has 0 radical (unpaired) electrons. The summed E-state index contributed by atoms with van der Waals surface area (Å²) in [6.45, 7) is 0.509. The molecule has 0 fully saturated rings. The largest absolute Gasteiger partial charge is 0.392 e. The van der Waals surface area contributed by atoms with Crippen LogP contribution in [0.25, 0.3) is 0 Å². The van der Waals surface area contributed by atoms with Crippen molar-refractivity contribution in [3.63, 3.8) is 0 Å². The number of hydrogen-bond acceptors (Lipinski definition) is 4. The van der Waals surface area contributed by atoms with Gasteiger partial charge in [-0.25, -0.2) is 4.98 Å². The van der Waals surface area contributed by atoms with Gasteiger partial charge in [0.2, 0.25) is 0 Å². The molecule has 80 valence electrons. The van der Waals surface area contributed by atoms with Crippen LogP contribution in [-0.4, -0.2) is 9.55 Å². The Hall–Kier alpha value is -1.54. The molecule has 1 aromatic heterocycles. The lowest BCUT2D eigenvalue weighted by Crippen LogP contribution is -2.23. The third-order valence-corrected chi connectivity index (χ3v) is 2.26. The Morgan fingerprint density at radius 3 is 3.00 bits per heavy atom. The lowest BCUT2D eigenvalue weighted by atomic mass is 10.2. The van der Waals surface area contributed by atoms with Crippen LogP contribution < -0.4 is 11.3 Å². The quantitative estimate of drug-likeness (QED) is 0.617. The van der Waals surface area contributed by atoms with Gasteiger partial charge in [-0.3, -0.25) is 9.36 Å². The molecule has 5 nitrogen and oxygen atoms in total. The van der Waals surface area contributed by atoms with Crippen molar-refractivity contribution in [1.29, 1.82) is 5.26 Å². The van der Waals surface area contributed by atoms with Crippen molar-refractivity contribution in [3.8, 4) is 6.07 Å². The lowest BCUT2D eigenvalue weighted by Gasteiger charge is -2.05. The summed E-state index contributed by atoms with van der Waals surface area (Å²) in [5, 5.41) is 8.37. The zero-order valence-electron chi connectivity index (χ0n) is 8.11. The van der Waals surface area contributed by atoms with Gasteiger partial charge in [-0.1, -0.05) is 11.6 Å². The fraction of sp³-hybridized carbons (Fsp3) is 0.444. The maximum Gasteiger partial charge on any atom is 0.278 e. The number of unbranched alkanes of at least 4 members (excludes halogenated alkanes) is 2. The van der Waals surface area contributed by atoms with E-state index in [0.29, 0.717) is 13.0 Å². The van der Waals surface area contributed by atoms with Gasteiger partial charge in [0.1, 0.15) is 5.69 Å². The molecule has 0 bridgehead atoms. The topological polar surface area (TPSA) is 84.7 Å². The minimum absolute atomic E-state index is 0.0283. The van der Waals surface area contributed by atoms with E-state index in [0.717, 1.165) is 12.8 Å². The third kappa shape index (κ3) is 2.96. The van der Waals surface area contributed by atoms with Gasteiger partial charge in [0.25, 0.3) is 5.56 Å². The normalized spacial score (nSPS) is 9.87. The van der Waals surface area contributed by atoms with Gasteiger partial charge in [0, 0.05) is 13.0 Å². The first kappa shape index (κ1) is 11.5. The molecular formula is C9H11ClN4O. The fourth-order valence-corrected chi connectivity index (χ4v) is 1.26. The van der Waals surface area contributed by atoms with Crippen LogP contribution in [0.3, 0.4) is 0 Å². The smallest absolute Gasteiger partial charge is 0.278 e. The predicted molar refractivity (Wildman–Crippen MR) is 57.4 cm³/mol. The standard InChI is InChI=1S/C9H11ClN4O/c10-8-7(12)9(15)14(6-13-8)5-3-1-2-4-11/h6H,1-3,5,12H2. The second-order valence-corrected chi connectivity index (χ2v) is 3.42. The first-order valence-electron chi connectivity index (χ1n) is 4.54. The summed E-state index contributed by atoms with van der Waals surface area (Å²) in [4.78, 5) is 15.3. The average Bonchev–Trinajstić information content (AvgIpc) is 2.24. The zero-order valence-corrected chi connectivity index (χ0v) is 8.87. The molecule has 1 aromatic rings. The Kier molecular flexibility index (Phi) is 4.13. The van der Waals surface area contributed by atoms with Crippen LogP contribution in [-0.2, 0) is 6.54 Å². The molecule has 15 heavy (non-hydrogen) atoms. The number of rotatable bonds is 4. The Bertz CT molecular complexity index is 435. The lowest BCUT2D eigenvalue weighted by molar-refractivity contribution is 0.592. The molecule has 1 rings (SSSR count). The van der Waals surface area contributed by atoms with Gasteiger partial charge in [-0.15, -0.1) is 0 Å². The number of nitrogen functional groups attached to an aromatic ring is 1. The van der Waals surface area contributed by atoms with Gasteiger partial charge >= 0.3 is 0 Å². The van der Waals surface area contributed by atoms with Crippen LogP contribution in [0.4, 0.5) is 5.69 Å². The van der Waals surface area contributed by atoms with Crippen LogP contribution in [0.15, 0.2) is 11.1 Å². The summed E-state index contributed by atoms with van der Waals surface area (Å²) in [6, 6.07) is 2.04. The summed E-state index contributed by atoms with van der Waals surface area (Å²) in [7, 11) is 0. The number of hydrogen-bond donors (Lipinski definition) is 1. The van der Waals surface area contributed by atoms with Gasteiger partial charge in [0.15, 0.2) is 5.15 Å². The van der Waals surface area contributed by atoms with Crippen molar-refractivity contribution in [1.82, 2.24) is 9.55 Å². The van der Waals surface area contributed by atoms with Crippen LogP contribution in [0.1, 0.15) is 19.3 Å². The van der Waals surface area contributed by atoms with Crippen molar-refractivity contribution in [2.45, 2.75) is 25.8 Å². The highest BCUT2D eigenvalue weighted by molar-refractivity contribution is 6.31. The maximum absolute atomic E-state index is 11.5. The van der Waals surface area contributed by atoms with Gasteiger partial charge in [-0.05, 0) is 12.8 Å². The fourth-order valence-electron chi connectivity index (χ4n) is 1.13. The highest BCUT2D eigenvalue weighted by Gasteiger charge is 2.05. The van der Waals surface area contributed by atoms with Gasteiger partial charge in [-0.2, -0.15) is 5.26 Å². The summed E-state index contributed by atoms with van der Waals surface area (Å²) in [5.74, 6) is 0. The van der Waals surface area contributed by atoms with E-state index in [4.69, 9.17) is 22.6 Å². The number of anilines is 1. The Morgan fingerprint density at radius 1 is 1.60 bits per heavy atom. The molecule has 0 aliphatic rings. The van der Waals surface area contributed by atoms with E-state index in [2.05, 4.69) is 4.98 Å². The molecular weight excluding hydrogens is 216 g/mol. The van der Waals surface area contributed by atoms with Crippen molar-refractivity contribution >= 4 is 17.3 Å². The van der Waals surface area contributed by atoms with Crippen molar-refractivity contribution in [3.05, 3.63) is 21.8 Å². The summed E-state index contributed by atoms with van der Waals surface area (Å²) < 4.78 is 1.40. The molecule has 0 saturated heterocycles. The van der Waals surface area contributed by atoms with Crippen molar-refractivity contribution < 1.29 is 0 Å². The van der Waals surface area contributed by atoms with E-state index >= 15 is 0 Å². The summed E-state index contributed by atoms with van der Waals surface area (Å²) in [5.41, 5.74) is 5.08. The van der Waals surface area contributed by atoms with E-state index in [9.17, 15) is 4.79 Å². The number of nitriles is 1. The number of aromatic nitrogens is 2. The van der Waals surface area contributed by atoms with Crippen LogP contribution in [0.2, 0.25) is 5.15 Å².